The number of benzene rings is 3. The van der Waals surface area contributed by atoms with Crippen LogP contribution in [0.1, 0.15) is 34.0 Å². The number of amides is 1. The van der Waals surface area contributed by atoms with Crippen molar-refractivity contribution in [3.8, 4) is 0 Å². The molecule has 4 rings (SSSR count). The molecule has 0 radical (unpaired) electrons. The predicted octanol–water partition coefficient (Wildman–Crippen LogP) is 4.65. The van der Waals surface area contributed by atoms with Crippen molar-refractivity contribution < 1.29 is 18.7 Å². The Labute approximate surface area is 209 Å². The Bertz CT molecular complexity index is 1340. The zero-order valence-electron chi connectivity index (χ0n) is 20.1. The molecule has 0 saturated carbocycles. The van der Waals surface area contributed by atoms with Gasteiger partial charge in [-0.15, -0.1) is 0 Å². The Hall–Kier alpha value is -3.68. The number of carbonyl (C=O) groups excluding carboxylic acids is 1. The fraction of sp³-hybridized carbons (Fsp3) is 0.241. The molecule has 4 aromatic rings. The second-order valence-electron chi connectivity index (χ2n) is 8.98. The summed E-state index contributed by atoms with van der Waals surface area (Å²) in [7, 11) is 0. The number of hydrogen-bond donors (Lipinski definition) is 2. The van der Waals surface area contributed by atoms with Crippen LogP contribution in [0.15, 0.2) is 79.1 Å². The molecule has 2 atom stereocenters. The Morgan fingerprint density at radius 1 is 0.972 bits per heavy atom. The third-order valence-corrected chi connectivity index (χ3v) is 6.25. The third kappa shape index (κ3) is 6.11. The second kappa shape index (κ2) is 11.4. The van der Waals surface area contributed by atoms with Crippen LogP contribution >= 0.6 is 0 Å². The number of nitrogens with two attached hydrogens (primary N) is 1. The molecule has 0 aliphatic carbocycles. The van der Waals surface area contributed by atoms with Crippen LogP contribution < -0.4 is 5.73 Å². The van der Waals surface area contributed by atoms with E-state index < -0.39 is 23.8 Å². The average Bonchev–Trinajstić information content (AvgIpc) is 2.87. The average molecular weight is 490 g/mol. The number of halogens is 2. The van der Waals surface area contributed by atoms with Gasteiger partial charge in [-0.1, -0.05) is 55.5 Å². The minimum Gasteiger partial charge on any atom is -0.390 e. The maximum atomic E-state index is 13.8. The first kappa shape index (κ1) is 25.4. The van der Waals surface area contributed by atoms with Gasteiger partial charge in [0, 0.05) is 43.0 Å². The highest BCUT2D eigenvalue weighted by molar-refractivity contribution is 6.06. The first-order valence-electron chi connectivity index (χ1n) is 11.9. The number of nitrogens with zero attached hydrogens (tertiary/aromatic N) is 2. The van der Waals surface area contributed by atoms with Crippen molar-refractivity contribution in [1.82, 2.24) is 9.88 Å². The Kier molecular flexibility index (Phi) is 8.03. The van der Waals surface area contributed by atoms with Crippen molar-refractivity contribution in [2.24, 2.45) is 5.73 Å². The van der Waals surface area contributed by atoms with Gasteiger partial charge >= 0.3 is 0 Å². The second-order valence-corrected chi connectivity index (χ2v) is 8.98. The number of aliphatic hydroxyl groups excluding tert-OH is 1. The molecule has 3 aromatic carbocycles. The number of aliphatic hydroxyl groups is 1. The molecule has 0 fully saturated rings. The molecule has 0 aliphatic heterocycles. The van der Waals surface area contributed by atoms with Gasteiger partial charge in [0.1, 0.15) is 11.6 Å². The summed E-state index contributed by atoms with van der Waals surface area (Å²) >= 11 is 0. The molecule has 2 unspecified atom stereocenters. The van der Waals surface area contributed by atoms with Crippen molar-refractivity contribution >= 4 is 16.7 Å². The normalized spacial score (nSPS) is 12.9. The van der Waals surface area contributed by atoms with Gasteiger partial charge in [-0.2, -0.15) is 0 Å². The minimum absolute atomic E-state index is 0.0546. The molecule has 0 spiro atoms. The van der Waals surface area contributed by atoms with Gasteiger partial charge in [0.25, 0.3) is 5.91 Å². The molecule has 0 bridgehead atoms. The van der Waals surface area contributed by atoms with E-state index in [0.29, 0.717) is 11.1 Å². The Morgan fingerprint density at radius 2 is 1.69 bits per heavy atom. The molecular formula is C29H29F2N3O2. The fourth-order valence-electron chi connectivity index (χ4n) is 4.34. The number of carbonyl (C=O) groups is 1. The summed E-state index contributed by atoms with van der Waals surface area (Å²) in [6.07, 6.45) is 3.01. The first-order chi connectivity index (χ1) is 17.3. The highest BCUT2D eigenvalue weighted by Crippen LogP contribution is 2.21. The van der Waals surface area contributed by atoms with E-state index in [1.54, 1.807) is 11.1 Å². The Balaban J connectivity index is 1.61. The van der Waals surface area contributed by atoms with Gasteiger partial charge in [0.05, 0.1) is 11.7 Å². The standard InChI is InChI=1S/C29H29F2N3O2/c1-2-19-6-5-7-20(10-19)17-34(29(36)26-16-33-15-22-8-3-4-9-25(22)26)18-28(35)27(32)13-21-11-23(30)14-24(31)12-21/h3-12,14-16,27-28,35H,2,13,17-18,32H2,1H3. The molecule has 3 N–H and O–H groups in total. The highest BCUT2D eigenvalue weighted by atomic mass is 19.1. The zero-order valence-corrected chi connectivity index (χ0v) is 20.1. The summed E-state index contributed by atoms with van der Waals surface area (Å²) < 4.78 is 27.2. The van der Waals surface area contributed by atoms with Crippen LogP contribution in [-0.4, -0.2) is 39.6 Å². The van der Waals surface area contributed by atoms with Gasteiger partial charge in [-0.3, -0.25) is 9.78 Å². The van der Waals surface area contributed by atoms with Gasteiger partial charge in [-0.25, -0.2) is 8.78 Å². The van der Waals surface area contributed by atoms with E-state index in [1.807, 2.05) is 48.5 Å². The number of fused-ring (bicyclic) bond motifs is 1. The van der Waals surface area contributed by atoms with Crippen LogP contribution in [-0.2, 0) is 19.4 Å². The van der Waals surface area contributed by atoms with Crippen molar-refractivity contribution in [3.63, 3.8) is 0 Å². The first-order valence-corrected chi connectivity index (χ1v) is 11.9. The van der Waals surface area contributed by atoms with Crippen LogP contribution in [0, 0.1) is 11.6 Å². The van der Waals surface area contributed by atoms with Gasteiger partial charge in [0.15, 0.2) is 0 Å². The van der Waals surface area contributed by atoms with Crippen molar-refractivity contribution in [1.29, 1.82) is 0 Å². The molecule has 5 nitrogen and oxygen atoms in total. The monoisotopic (exact) mass is 489 g/mol. The Morgan fingerprint density at radius 3 is 2.44 bits per heavy atom. The largest absolute Gasteiger partial charge is 0.390 e. The van der Waals surface area contributed by atoms with Crippen LogP contribution in [0.3, 0.4) is 0 Å². The van der Waals surface area contributed by atoms with E-state index in [4.69, 9.17) is 5.73 Å². The van der Waals surface area contributed by atoms with E-state index in [0.717, 1.165) is 34.4 Å². The molecule has 1 aromatic heterocycles. The number of aromatic nitrogens is 1. The van der Waals surface area contributed by atoms with E-state index in [1.165, 1.54) is 18.3 Å². The van der Waals surface area contributed by atoms with E-state index in [-0.39, 0.29) is 25.4 Å². The smallest absolute Gasteiger partial charge is 0.256 e. The summed E-state index contributed by atoms with van der Waals surface area (Å²) in [5.41, 5.74) is 9.04. The van der Waals surface area contributed by atoms with Crippen LogP contribution in [0.2, 0.25) is 0 Å². The minimum atomic E-state index is -1.13. The maximum Gasteiger partial charge on any atom is 0.256 e. The maximum absolute atomic E-state index is 13.8. The highest BCUT2D eigenvalue weighted by Gasteiger charge is 2.25. The predicted molar refractivity (Wildman–Crippen MR) is 136 cm³/mol. The van der Waals surface area contributed by atoms with Crippen molar-refractivity contribution in [2.75, 3.05) is 6.54 Å². The number of aryl methyl sites for hydroxylation is 1. The number of hydrogen-bond acceptors (Lipinski definition) is 4. The quantitative estimate of drug-likeness (QED) is 0.359. The summed E-state index contributed by atoms with van der Waals surface area (Å²) in [5, 5.41) is 12.6. The molecule has 0 aliphatic rings. The summed E-state index contributed by atoms with van der Waals surface area (Å²) in [6, 6.07) is 17.7. The molecule has 7 heteroatoms. The lowest BCUT2D eigenvalue weighted by Crippen LogP contribution is -2.46. The molecular weight excluding hydrogens is 460 g/mol. The summed E-state index contributed by atoms with van der Waals surface area (Å²) in [4.78, 5) is 19.5. The molecule has 1 amide bonds. The van der Waals surface area contributed by atoms with Crippen molar-refractivity contribution in [3.05, 3.63) is 113 Å². The SMILES string of the molecule is CCc1cccc(CN(CC(O)C(N)Cc2cc(F)cc(F)c2)C(=O)c2cncc3ccccc23)c1. The van der Waals surface area contributed by atoms with Gasteiger partial charge < -0.3 is 15.7 Å². The number of rotatable bonds is 9. The topological polar surface area (TPSA) is 79.5 Å². The van der Waals surface area contributed by atoms with Gasteiger partial charge in [-0.05, 0) is 47.1 Å². The molecule has 0 saturated heterocycles. The third-order valence-electron chi connectivity index (χ3n) is 6.25. The molecule has 186 valence electrons. The molecule has 1 heterocycles. The summed E-state index contributed by atoms with van der Waals surface area (Å²) in [5.74, 6) is -1.70. The van der Waals surface area contributed by atoms with Crippen molar-refractivity contribution in [2.45, 2.75) is 38.5 Å². The van der Waals surface area contributed by atoms with Crippen LogP contribution in [0.25, 0.3) is 10.8 Å². The molecule has 36 heavy (non-hydrogen) atoms. The zero-order chi connectivity index (χ0) is 25.7. The lowest BCUT2D eigenvalue weighted by molar-refractivity contribution is 0.0555. The number of pyridine rings is 1. The van der Waals surface area contributed by atoms with E-state index in [9.17, 15) is 18.7 Å². The van der Waals surface area contributed by atoms with Crippen LogP contribution in [0.4, 0.5) is 8.78 Å². The van der Waals surface area contributed by atoms with Crippen LogP contribution in [0.5, 0.6) is 0 Å². The lowest BCUT2D eigenvalue weighted by atomic mass is 10.0. The van der Waals surface area contributed by atoms with E-state index >= 15 is 0 Å². The van der Waals surface area contributed by atoms with Gasteiger partial charge in [0.2, 0.25) is 0 Å². The lowest BCUT2D eigenvalue weighted by Gasteiger charge is -2.29. The van der Waals surface area contributed by atoms with E-state index in [2.05, 4.69) is 11.9 Å². The summed E-state index contributed by atoms with van der Waals surface area (Å²) in [6.45, 7) is 2.26. The fourth-order valence-corrected chi connectivity index (χ4v) is 4.34.